The van der Waals surface area contributed by atoms with Crippen LogP contribution in [0.1, 0.15) is 23.2 Å². The molecule has 2 aromatic rings. The average molecular weight is 268 g/mol. The molecule has 0 saturated heterocycles. The maximum Gasteiger partial charge on any atom is 0.133 e. The van der Waals surface area contributed by atoms with Crippen LogP contribution >= 0.6 is 0 Å². The van der Waals surface area contributed by atoms with E-state index in [4.69, 9.17) is 10.1 Å². The SMILES string of the molecule is Cc1nc(N2CCCc3ccccc32)ccc1CCO. The Morgan fingerprint density at radius 3 is 2.85 bits per heavy atom. The first-order chi connectivity index (χ1) is 9.79. The molecule has 3 rings (SSSR count). The third kappa shape index (κ3) is 2.41. The second-order valence-electron chi connectivity index (χ2n) is 5.27. The fraction of sp³-hybridized carbons (Fsp3) is 0.353. The van der Waals surface area contributed by atoms with Gasteiger partial charge in [0.25, 0.3) is 0 Å². The van der Waals surface area contributed by atoms with Crippen LogP contribution in [-0.2, 0) is 12.8 Å². The number of aliphatic hydroxyl groups excluding tert-OH is 1. The van der Waals surface area contributed by atoms with Gasteiger partial charge in [0.2, 0.25) is 0 Å². The minimum atomic E-state index is 0.175. The monoisotopic (exact) mass is 268 g/mol. The summed E-state index contributed by atoms with van der Waals surface area (Å²) in [4.78, 5) is 7.03. The molecule has 0 fully saturated rings. The van der Waals surface area contributed by atoms with Gasteiger partial charge in [-0.05, 0) is 49.4 Å². The summed E-state index contributed by atoms with van der Waals surface area (Å²) in [6.45, 7) is 3.21. The van der Waals surface area contributed by atoms with Gasteiger partial charge in [-0.2, -0.15) is 0 Å². The van der Waals surface area contributed by atoms with E-state index in [0.29, 0.717) is 6.42 Å². The molecule has 1 aromatic heterocycles. The van der Waals surface area contributed by atoms with Crippen LogP contribution in [0, 0.1) is 6.92 Å². The van der Waals surface area contributed by atoms with Gasteiger partial charge in [-0.15, -0.1) is 0 Å². The van der Waals surface area contributed by atoms with Crippen molar-refractivity contribution < 1.29 is 5.11 Å². The normalized spacial score (nSPS) is 14.2. The topological polar surface area (TPSA) is 36.4 Å². The van der Waals surface area contributed by atoms with Crippen LogP contribution in [0.4, 0.5) is 11.5 Å². The first-order valence-corrected chi connectivity index (χ1v) is 7.22. The molecule has 0 bridgehead atoms. The van der Waals surface area contributed by atoms with Gasteiger partial charge >= 0.3 is 0 Å². The van der Waals surface area contributed by atoms with Gasteiger partial charge in [0.15, 0.2) is 0 Å². The first-order valence-electron chi connectivity index (χ1n) is 7.22. The molecular weight excluding hydrogens is 248 g/mol. The van der Waals surface area contributed by atoms with Gasteiger partial charge in [-0.1, -0.05) is 24.3 Å². The Morgan fingerprint density at radius 2 is 2.05 bits per heavy atom. The molecular formula is C17H20N2O. The number of aliphatic hydroxyl groups is 1. The molecule has 1 N–H and O–H groups in total. The van der Waals surface area contributed by atoms with Gasteiger partial charge in [0.05, 0.1) is 0 Å². The zero-order valence-corrected chi connectivity index (χ0v) is 11.8. The zero-order chi connectivity index (χ0) is 13.9. The fourth-order valence-corrected chi connectivity index (χ4v) is 2.88. The van der Waals surface area contributed by atoms with Crippen molar-refractivity contribution in [1.29, 1.82) is 0 Å². The van der Waals surface area contributed by atoms with Crippen molar-refractivity contribution in [2.24, 2.45) is 0 Å². The molecule has 1 aromatic carbocycles. The maximum absolute atomic E-state index is 9.05. The Hall–Kier alpha value is -1.87. The number of hydrogen-bond donors (Lipinski definition) is 1. The van der Waals surface area contributed by atoms with E-state index in [9.17, 15) is 0 Å². The highest BCUT2D eigenvalue weighted by atomic mass is 16.2. The Morgan fingerprint density at radius 1 is 1.20 bits per heavy atom. The van der Waals surface area contributed by atoms with Crippen LogP contribution in [0.3, 0.4) is 0 Å². The number of pyridine rings is 1. The van der Waals surface area contributed by atoms with Crippen molar-refractivity contribution in [3.8, 4) is 0 Å². The summed E-state index contributed by atoms with van der Waals surface area (Å²) < 4.78 is 0. The number of para-hydroxylation sites is 1. The van der Waals surface area contributed by atoms with E-state index in [1.807, 2.05) is 6.92 Å². The zero-order valence-electron chi connectivity index (χ0n) is 11.8. The number of nitrogens with zero attached hydrogens (tertiary/aromatic N) is 2. The minimum Gasteiger partial charge on any atom is -0.396 e. The van der Waals surface area contributed by atoms with Crippen molar-refractivity contribution in [3.63, 3.8) is 0 Å². The minimum absolute atomic E-state index is 0.175. The molecule has 0 amide bonds. The lowest BCUT2D eigenvalue weighted by atomic mass is 10.0. The largest absolute Gasteiger partial charge is 0.396 e. The van der Waals surface area contributed by atoms with Crippen molar-refractivity contribution >= 4 is 11.5 Å². The van der Waals surface area contributed by atoms with Gasteiger partial charge in [0.1, 0.15) is 5.82 Å². The number of aryl methyl sites for hydroxylation is 2. The standard InChI is InChI=1S/C17H20N2O/c1-13-14(10-12-20)8-9-17(18-13)19-11-4-6-15-5-2-3-7-16(15)19/h2-3,5,7-9,20H,4,6,10-12H2,1H3. The van der Waals surface area contributed by atoms with E-state index < -0.39 is 0 Å². The number of aromatic nitrogens is 1. The smallest absolute Gasteiger partial charge is 0.133 e. The summed E-state index contributed by atoms with van der Waals surface area (Å²) in [5.41, 5.74) is 4.82. The lowest BCUT2D eigenvalue weighted by Crippen LogP contribution is -2.25. The van der Waals surface area contributed by atoms with Crippen LogP contribution in [0.2, 0.25) is 0 Å². The Labute approximate surface area is 119 Å². The van der Waals surface area contributed by atoms with Crippen LogP contribution in [0.25, 0.3) is 0 Å². The summed E-state index contributed by atoms with van der Waals surface area (Å²) in [7, 11) is 0. The van der Waals surface area contributed by atoms with Crippen LogP contribution in [0.5, 0.6) is 0 Å². The summed E-state index contributed by atoms with van der Waals surface area (Å²) in [5, 5.41) is 9.05. The second kappa shape index (κ2) is 5.63. The second-order valence-corrected chi connectivity index (χ2v) is 5.27. The summed E-state index contributed by atoms with van der Waals surface area (Å²) in [5.74, 6) is 1.01. The number of benzene rings is 1. The van der Waals surface area contributed by atoms with E-state index >= 15 is 0 Å². The summed E-state index contributed by atoms with van der Waals surface area (Å²) >= 11 is 0. The van der Waals surface area contributed by atoms with Gasteiger partial charge in [-0.3, -0.25) is 0 Å². The molecule has 1 aliphatic rings. The van der Waals surface area contributed by atoms with E-state index in [0.717, 1.165) is 36.5 Å². The van der Waals surface area contributed by atoms with E-state index in [1.54, 1.807) is 0 Å². The third-order valence-electron chi connectivity index (χ3n) is 3.95. The van der Waals surface area contributed by atoms with Crippen molar-refractivity contribution in [3.05, 3.63) is 53.2 Å². The molecule has 2 heterocycles. The number of anilines is 2. The highest BCUT2D eigenvalue weighted by molar-refractivity contribution is 5.65. The molecule has 0 aliphatic carbocycles. The first kappa shape index (κ1) is 13.1. The molecule has 20 heavy (non-hydrogen) atoms. The Kier molecular flexibility index (Phi) is 3.70. The van der Waals surface area contributed by atoms with Crippen LogP contribution in [0.15, 0.2) is 36.4 Å². The lowest BCUT2D eigenvalue weighted by Gasteiger charge is -2.30. The summed E-state index contributed by atoms with van der Waals surface area (Å²) in [6.07, 6.45) is 2.99. The number of fused-ring (bicyclic) bond motifs is 1. The molecule has 1 aliphatic heterocycles. The molecule has 0 saturated carbocycles. The third-order valence-corrected chi connectivity index (χ3v) is 3.95. The molecule has 0 unspecified atom stereocenters. The molecule has 0 radical (unpaired) electrons. The molecule has 0 spiro atoms. The van der Waals surface area contributed by atoms with E-state index in [1.165, 1.54) is 11.3 Å². The number of hydrogen-bond acceptors (Lipinski definition) is 3. The van der Waals surface area contributed by atoms with Gasteiger partial charge in [0, 0.05) is 24.5 Å². The molecule has 0 atom stereocenters. The van der Waals surface area contributed by atoms with Gasteiger partial charge in [-0.25, -0.2) is 4.98 Å². The quantitative estimate of drug-likeness (QED) is 0.929. The summed E-state index contributed by atoms with van der Waals surface area (Å²) in [6, 6.07) is 12.7. The highest BCUT2D eigenvalue weighted by Gasteiger charge is 2.18. The Bertz CT molecular complexity index is 610. The fourth-order valence-electron chi connectivity index (χ4n) is 2.88. The van der Waals surface area contributed by atoms with Crippen molar-refractivity contribution in [2.45, 2.75) is 26.2 Å². The Balaban J connectivity index is 1.96. The van der Waals surface area contributed by atoms with Crippen molar-refractivity contribution in [2.75, 3.05) is 18.1 Å². The predicted molar refractivity (Wildman–Crippen MR) is 81.5 cm³/mol. The van der Waals surface area contributed by atoms with Crippen molar-refractivity contribution in [1.82, 2.24) is 4.98 Å². The molecule has 104 valence electrons. The van der Waals surface area contributed by atoms with E-state index in [-0.39, 0.29) is 6.61 Å². The van der Waals surface area contributed by atoms with Crippen LogP contribution < -0.4 is 4.90 Å². The van der Waals surface area contributed by atoms with Gasteiger partial charge < -0.3 is 10.0 Å². The average Bonchev–Trinajstić information content (AvgIpc) is 2.49. The maximum atomic E-state index is 9.05. The molecule has 3 heteroatoms. The predicted octanol–water partition coefficient (Wildman–Crippen LogP) is 3.01. The van der Waals surface area contributed by atoms with E-state index in [2.05, 4.69) is 41.3 Å². The lowest BCUT2D eigenvalue weighted by molar-refractivity contribution is 0.299. The highest BCUT2D eigenvalue weighted by Crippen LogP contribution is 2.32. The number of rotatable bonds is 3. The molecule has 3 nitrogen and oxygen atoms in total. The van der Waals surface area contributed by atoms with Crippen LogP contribution in [-0.4, -0.2) is 23.2 Å².